The SMILES string of the molecule is CN(C(=O)C1CNC1)c1ccccc1F. The number of nitrogens with zero attached hydrogens (tertiary/aromatic N) is 1. The molecule has 0 atom stereocenters. The second-order valence-corrected chi connectivity index (χ2v) is 3.70. The van der Waals surface area contributed by atoms with Gasteiger partial charge in [0.05, 0.1) is 11.6 Å². The van der Waals surface area contributed by atoms with Crippen LogP contribution in [-0.2, 0) is 4.79 Å². The topological polar surface area (TPSA) is 32.3 Å². The van der Waals surface area contributed by atoms with Gasteiger partial charge in [0.2, 0.25) is 5.91 Å². The van der Waals surface area contributed by atoms with Crippen molar-refractivity contribution in [1.82, 2.24) is 5.32 Å². The smallest absolute Gasteiger partial charge is 0.232 e. The number of halogens is 1. The van der Waals surface area contributed by atoms with Gasteiger partial charge in [0.25, 0.3) is 0 Å². The lowest BCUT2D eigenvalue weighted by molar-refractivity contribution is -0.123. The molecule has 1 heterocycles. The van der Waals surface area contributed by atoms with Crippen LogP contribution in [0.3, 0.4) is 0 Å². The van der Waals surface area contributed by atoms with Crippen LogP contribution in [0.2, 0.25) is 0 Å². The second-order valence-electron chi connectivity index (χ2n) is 3.70. The van der Waals surface area contributed by atoms with E-state index in [2.05, 4.69) is 5.32 Å². The molecule has 15 heavy (non-hydrogen) atoms. The molecule has 0 aromatic heterocycles. The molecule has 0 radical (unpaired) electrons. The molecule has 0 unspecified atom stereocenters. The Morgan fingerprint density at radius 1 is 1.47 bits per heavy atom. The molecule has 1 amide bonds. The van der Waals surface area contributed by atoms with Gasteiger partial charge in [-0.25, -0.2) is 4.39 Å². The molecule has 1 N–H and O–H groups in total. The van der Waals surface area contributed by atoms with E-state index in [-0.39, 0.29) is 17.6 Å². The summed E-state index contributed by atoms with van der Waals surface area (Å²) in [5.41, 5.74) is 0.342. The maximum absolute atomic E-state index is 13.4. The highest BCUT2D eigenvalue weighted by atomic mass is 19.1. The highest BCUT2D eigenvalue weighted by Crippen LogP contribution is 2.19. The Labute approximate surface area is 87.9 Å². The number of amides is 1. The zero-order valence-electron chi connectivity index (χ0n) is 8.53. The summed E-state index contributed by atoms with van der Waals surface area (Å²) in [7, 11) is 1.61. The molecule has 80 valence electrons. The lowest BCUT2D eigenvalue weighted by Crippen LogP contribution is -2.51. The number of benzene rings is 1. The molecule has 1 aliphatic heterocycles. The van der Waals surface area contributed by atoms with E-state index in [4.69, 9.17) is 0 Å². The van der Waals surface area contributed by atoms with E-state index in [0.717, 1.165) is 0 Å². The lowest BCUT2D eigenvalue weighted by atomic mass is 10.0. The van der Waals surface area contributed by atoms with Crippen molar-refractivity contribution in [2.45, 2.75) is 0 Å². The minimum absolute atomic E-state index is 0.00499. The van der Waals surface area contributed by atoms with Crippen LogP contribution < -0.4 is 10.2 Å². The van der Waals surface area contributed by atoms with Crippen molar-refractivity contribution in [3.05, 3.63) is 30.1 Å². The largest absolute Gasteiger partial charge is 0.315 e. The Morgan fingerprint density at radius 2 is 2.13 bits per heavy atom. The summed E-state index contributed by atoms with van der Waals surface area (Å²) in [6.45, 7) is 1.38. The van der Waals surface area contributed by atoms with Gasteiger partial charge in [-0.05, 0) is 12.1 Å². The van der Waals surface area contributed by atoms with E-state index >= 15 is 0 Å². The quantitative estimate of drug-likeness (QED) is 0.786. The fourth-order valence-corrected chi connectivity index (χ4v) is 1.58. The molecule has 1 fully saturated rings. The Bertz CT molecular complexity index is 377. The molecule has 1 aromatic rings. The summed E-state index contributed by atoms with van der Waals surface area (Å²) >= 11 is 0. The fourth-order valence-electron chi connectivity index (χ4n) is 1.58. The van der Waals surface area contributed by atoms with Crippen LogP contribution in [0.4, 0.5) is 10.1 Å². The van der Waals surface area contributed by atoms with Crippen LogP contribution in [0.1, 0.15) is 0 Å². The maximum atomic E-state index is 13.4. The first-order valence-electron chi connectivity index (χ1n) is 4.93. The average molecular weight is 208 g/mol. The van der Waals surface area contributed by atoms with Crippen LogP contribution in [0.5, 0.6) is 0 Å². The number of rotatable bonds is 2. The summed E-state index contributed by atoms with van der Waals surface area (Å²) in [6, 6.07) is 6.31. The maximum Gasteiger partial charge on any atom is 0.232 e. The number of carbonyl (C=O) groups excluding carboxylic acids is 1. The number of hydrogen-bond donors (Lipinski definition) is 1. The van der Waals surface area contributed by atoms with Crippen molar-refractivity contribution in [3.63, 3.8) is 0 Å². The van der Waals surface area contributed by atoms with Gasteiger partial charge in [-0.1, -0.05) is 12.1 Å². The molecule has 0 saturated carbocycles. The zero-order chi connectivity index (χ0) is 10.8. The number of carbonyl (C=O) groups is 1. The summed E-state index contributed by atoms with van der Waals surface area (Å²) in [5.74, 6) is -0.394. The van der Waals surface area contributed by atoms with E-state index in [1.165, 1.54) is 11.0 Å². The van der Waals surface area contributed by atoms with Gasteiger partial charge in [-0.15, -0.1) is 0 Å². The number of anilines is 1. The molecular formula is C11H13FN2O. The molecule has 1 aliphatic rings. The van der Waals surface area contributed by atoms with Gasteiger partial charge in [-0.3, -0.25) is 4.79 Å². The van der Waals surface area contributed by atoms with Crippen LogP contribution >= 0.6 is 0 Å². The van der Waals surface area contributed by atoms with Crippen LogP contribution in [0.15, 0.2) is 24.3 Å². The summed E-state index contributed by atoms with van der Waals surface area (Å²) in [4.78, 5) is 13.2. The molecule has 1 saturated heterocycles. The van der Waals surface area contributed by atoms with Gasteiger partial charge in [0, 0.05) is 20.1 Å². The minimum Gasteiger partial charge on any atom is -0.315 e. The summed E-state index contributed by atoms with van der Waals surface area (Å²) < 4.78 is 13.4. The minimum atomic E-state index is -0.361. The monoisotopic (exact) mass is 208 g/mol. The number of nitrogens with one attached hydrogen (secondary N) is 1. The molecule has 0 aliphatic carbocycles. The van der Waals surface area contributed by atoms with E-state index in [1.807, 2.05) is 0 Å². The Balaban J connectivity index is 2.16. The number of para-hydroxylation sites is 1. The third-order valence-corrected chi connectivity index (χ3v) is 2.68. The average Bonchev–Trinajstić information content (AvgIpc) is 2.15. The van der Waals surface area contributed by atoms with Crippen LogP contribution in [0, 0.1) is 11.7 Å². The van der Waals surface area contributed by atoms with E-state index < -0.39 is 0 Å². The predicted molar refractivity (Wildman–Crippen MR) is 56.2 cm³/mol. The van der Waals surface area contributed by atoms with E-state index in [0.29, 0.717) is 18.8 Å². The Hall–Kier alpha value is -1.42. The van der Waals surface area contributed by atoms with Gasteiger partial charge < -0.3 is 10.2 Å². The van der Waals surface area contributed by atoms with Crippen molar-refractivity contribution in [2.75, 3.05) is 25.0 Å². The highest BCUT2D eigenvalue weighted by Gasteiger charge is 2.28. The van der Waals surface area contributed by atoms with Crippen molar-refractivity contribution >= 4 is 11.6 Å². The summed E-state index contributed by atoms with van der Waals surface area (Å²) in [6.07, 6.45) is 0. The molecule has 3 nitrogen and oxygen atoms in total. The third-order valence-electron chi connectivity index (χ3n) is 2.68. The molecule has 2 rings (SSSR count). The molecule has 0 bridgehead atoms. The first-order chi connectivity index (χ1) is 7.20. The lowest BCUT2D eigenvalue weighted by Gasteiger charge is -2.30. The Kier molecular flexibility index (Phi) is 2.68. The predicted octanol–water partition coefficient (Wildman–Crippen LogP) is 1.01. The van der Waals surface area contributed by atoms with Crippen LogP contribution in [0.25, 0.3) is 0 Å². The van der Waals surface area contributed by atoms with E-state index in [9.17, 15) is 9.18 Å². The molecular weight excluding hydrogens is 195 g/mol. The van der Waals surface area contributed by atoms with Gasteiger partial charge >= 0.3 is 0 Å². The first-order valence-corrected chi connectivity index (χ1v) is 4.93. The molecule has 4 heteroatoms. The number of hydrogen-bond acceptors (Lipinski definition) is 2. The van der Waals surface area contributed by atoms with Gasteiger partial charge in [0.15, 0.2) is 0 Å². The Morgan fingerprint density at radius 3 is 2.67 bits per heavy atom. The van der Waals surface area contributed by atoms with Crippen molar-refractivity contribution in [3.8, 4) is 0 Å². The fraction of sp³-hybridized carbons (Fsp3) is 0.364. The van der Waals surface area contributed by atoms with Crippen molar-refractivity contribution in [2.24, 2.45) is 5.92 Å². The van der Waals surface area contributed by atoms with Gasteiger partial charge in [0.1, 0.15) is 5.82 Å². The van der Waals surface area contributed by atoms with Crippen molar-refractivity contribution in [1.29, 1.82) is 0 Å². The molecule has 0 spiro atoms. The van der Waals surface area contributed by atoms with Gasteiger partial charge in [-0.2, -0.15) is 0 Å². The normalized spacial score (nSPS) is 15.9. The second kappa shape index (κ2) is 3.98. The highest BCUT2D eigenvalue weighted by molar-refractivity contribution is 5.95. The van der Waals surface area contributed by atoms with Crippen molar-refractivity contribution < 1.29 is 9.18 Å². The molecule has 1 aromatic carbocycles. The summed E-state index contributed by atoms with van der Waals surface area (Å²) in [5, 5.41) is 3.02. The van der Waals surface area contributed by atoms with E-state index in [1.54, 1.807) is 25.2 Å². The zero-order valence-corrected chi connectivity index (χ0v) is 8.53. The standard InChI is InChI=1S/C11H13FN2O/c1-14(11(15)8-6-13-7-8)10-5-3-2-4-9(10)12/h2-5,8,13H,6-7H2,1H3. The third kappa shape index (κ3) is 1.85. The first kappa shape index (κ1) is 10.1. The van der Waals surface area contributed by atoms with Crippen LogP contribution in [-0.4, -0.2) is 26.0 Å².